The van der Waals surface area contributed by atoms with Crippen molar-refractivity contribution >= 4 is 27.6 Å². The van der Waals surface area contributed by atoms with Gasteiger partial charge in [0.15, 0.2) is 0 Å². The summed E-state index contributed by atoms with van der Waals surface area (Å²) in [6.07, 6.45) is 0. The van der Waals surface area contributed by atoms with Crippen LogP contribution in [-0.4, -0.2) is 25.1 Å². The Labute approximate surface area is 132 Å². The molecular formula is C16H17BrN2O2. The first-order chi connectivity index (χ1) is 10.1. The second-order valence-corrected chi connectivity index (χ2v) is 5.56. The molecule has 0 heterocycles. The summed E-state index contributed by atoms with van der Waals surface area (Å²) >= 11 is 3.43. The Morgan fingerprint density at radius 2 is 1.95 bits per heavy atom. The largest absolute Gasteiger partial charge is 0.497 e. The summed E-state index contributed by atoms with van der Waals surface area (Å²) in [6, 6.07) is 15.0. The zero-order valence-corrected chi connectivity index (χ0v) is 13.6. The first kappa shape index (κ1) is 15.4. The number of nitrogens with one attached hydrogen (secondary N) is 1. The van der Waals surface area contributed by atoms with E-state index in [1.54, 1.807) is 19.1 Å². The molecule has 0 spiro atoms. The average molecular weight is 349 g/mol. The van der Waals surface area contributed by atoms with E-state index in [4.69, 9.17) is 4.74 Å². The number of ether oxygens (including phenoxy) is 1. The van der Waals surface area contributed by atoms with Crippen LogP contribution in [0, 0.1) is 0 Å². The highest BCUT2D eigenvalue weighted by Gasteiger charge is 2.09. The molecule has 0 atom stereocenters. The molecule has 0 bridgehead atoms. The van der Waals surface area contributed by atoms with Crippen LogP contribution < -0.4 is 10.1 Å². The average Bonchev–Trinajstić information content (AvgIpc) is 2.48. The lowest BCUT2D eigenvalue weighted by atomic mass is 10.2. The first-order valence-corrected chi connectivity index (χ1v) is 7.28. The third kappa shape index (κ3) is 4.49. The van der Waals surface area contributed by atoms with E-state index in [1.165, 1.54) is 0 Å². The highest BCUT2D eigenvalue weighted by Crippen LogP contribution is 2.16. The quantitative estimate of drug-likeness (QED) is 0.902. The van der Waals surface area contributed by atoms with Crippen molar-refractivity contribution in [3.05, 3.63) is 58.6 Å². The van der Waals surface area contributed by atoms with Crippen LogP contribution in [0.15, 0.2) is 53.0 Å². The molecule has 0 aromatic heterocycles. The summed E-state index contributed by atoms with van der Waals surface area (Å²) in [7, 11) is 3.37. The number of halogens is 1. The van der Waals surface area contributed by atoms with Crippen LogP contribution in [0.4, 0.5) is 10.5 Å². The second-order valence-electron chi connectivity index (χ2n) is 4.64. The molecular weight excluding hydrogens is 332 g/mol. The standard InChI is InChI=1S/C16H17BrN2O2/c1-19(11-12-4-3-5-13(17)10-12)16(20)18-14-6-8-15(21-2)9-7-14/h3-10H,11H2,1-2H3,(H,18,20). The van der Waals surface area contributed by atoms with Gasteiger partial charge in [-0.2, -0.15) is 0 Å². The minimum absolute atomic E-state index is 0.153. The van der Waals surface area contributed by atoms with Crippen molar-refractivity contribution in [2.24, 2.45) is 0 Å². The molecule has 0 aliphatic heterocycles. The number of carbonyl (C=O) groups excluding carboxylic acids is 1. The molecule has 21 heavy (non-hydrogen) atoms. The van der Waals surface area contributed by atoms with Gasteiger partial charge in [0.25, 0.3) is 0 Å². The number of nitrogens with zero attached hydrogens (tertiary/aromatic N) is 1. The number of methoxy groups -OCH3 is 1. The Kier molecular flexibility index (Phi) is 5.22. The van der Waals surface area contributed by atoms with Gasteiger partial charge in [-0.25, -0.2) is 4.79 Å². The van der Waals surface area contributed by atoms with Crippen LogP contribution in [0.5, 0.6) is 5.75 Å². The molecule has 110 valence electrons. The SMILES string of the molecule is COc1ccc(NC(=O)N(C)Cc2cccc(Br)c2)cc1. The Bertz CT molecular complexity index is 614. The van der Waals surface area contributed by atoms with Gasteiger partial charge in [0, 0.05) is 23.8 Å². The number of anilines is 1. The van der Waals surface area contributed by atoms with Crippen molar-refractivity contribution in [2.75, 3.05) is 19.5 Å². The molecule has 0 saturated heterocycles. The minimum atomic E-state index is -0.153. The van der Waals surface area contributed by atoms with Crippen LogP contribution in [0.1, 0.15) is 5.56 Å². The third-order valence-corrected chi connectivity index (χ3v) is 3.49. The van der Waals surface area contributed by atoms with Crippen molar-refractivity contribution in [3.8, 4) is 5.75 Å². The number of amides is 2. The van der Waals surface area contributed by atoms with Crippen molar-refractivity contribution in [1.82, 2.24) is 4.90 Å². The summed E-state index contributed by atoms with van der Waals surface area (Å²) in [5.41, 5.74) is 1.80. The Morgan fingerprint density at radius 1 is 1.24 bits per heavy atom. The van der Waals surface area contributed by atoms with Gasteiger partial charge in [-0.3, -0.25) is 0 Å². The van der Waals surface area contributed by atoms with Gasteiger partial charge in [-0.05, 0) is 42.0 Å². The monoisotopic (exact) mass is 348 g/mol. The Hall–Kier alpha value is -2.01. The zero-order valence-electron chi connectivity index (χ0n) is 12.0. The van der Waals surface area contributed by atoms with Gasteiger partial charge in [-0.15, -0.1) is 0 Å². The maximum absolute atomic E-state index is 12.1. The molecule has 0 fully saturated rings. The summed E-state index contributed by atoms with van der Waals surface area (Å²) in [5, 5.41) is 2.85. The van der Waals surface area contributed by atoms with E-state index in [-0.39, 0.29) is 6.03 Å². The molecule has 5 heteroatoms. The van der Waals surface area contributed by atoms with Crippen LogP contribution in [-0.2, 0) is 6.54 Å². The number of hydrogen-bond acceptors (Lipinski definition) is 2. The van der Waals surface area contributed by atoms with Crippen molar-refractivity contribution < 1.29 is 9.53 Å². The maximum Gasteiger partial charge on any atom is 0.321 e. The normalized spacial score (nSPS) is 10.0. The molecule has 4 nitrogen and oxygen atoms in total. The smallest absolute Gasteiger partial charge is 0.321 e. The van der Waals surface area contributed by atoms with Gasteiger partial charge in [0.1, 0.15) is 5.75 Å². The van der Waals surface area contributed by atoms with E-state index in [9.17, 15) is 4.79 Å². The van der Waals surface area contributed by atoms with E-state index >= 15 is 0 Å². The van der Waals surface area contributed by atoms with Crippen LogP contribution in [0.2, 0.25) is 0 Å². The topological polar surface area (TPSA) is 41.6 Å². The lowest BCUT2D eigenvalue weighted by Crippen LogP contribution is -2.30. The third-order valence-electron chi connectivity index (χ3n) is 3.00. The van der Waals surface area contributed by atoms with E-state index in [1.807, 2.05) is 48.5 Å². The minimum Gasteiger partial charge on any atom is -0.497 e. The van der Waals surface area contributed by atoms with E-state index in [0.29, 0.717) is 6.54 Å². The lowest BCUT2D eigenvalue weighted by Gasteiger charge is -2.18. The van der Waals surface area contributed by atoms with Crippen LogP contribution in [0.25, 0.3) is 0 Å². The van der Waals surface area contributed by atoms with Crippen molar-refractivity contribution in [3.63, 3.8) is 0 Å². The summed E-state index contributed by atoms with van der Waals surface area (Å²) in [6.45, 7) is 0.543. The van der Waals surface area contributed by atoms with E-state index in [2.05, 4.69) is 21.2 Å². The predicted octanol–water partition coefficient (Wildman–Crippen LogP) is 4.12. The Balaban J connectivity index is 1.95. The highest BCUT2D eigenvalue weighted by molar-refractivity contribution is 9.10. The fraction of sp³-hybridized carbons (Fsp3) is 0.188. The fourth-order valence-corrected chi connectivity index (χ4v) is 2.32. The highest BCUT2D eigenvalue weighted by atomic mass is 79.9. The molecule has 0 aliphatic rings. The summed E-state index contributed by atoms with van der Waals surface area (Å²) in [5.74, 6) is 0.760. The first-order valence-electron chi connectivity index (χ1n) is 6.49. The molecule has 2 rings (SSSR count). The second kappa shape index (κ2) is 7.13. The predicted molar refractivity (Wildman–Crippen MR) is 87.6 cm³/mol. The lowest BCUT2D eigenvalue weighted by molar-refractivity contribution is 0.220. The number of rotatable bonds is 4. The van der Waals surface area contributed by atoms with Crippen molar-refractivity contribution in [2.45, 2.75) is 6.54 Å². The number of carbonyl (C=O) groups is 1. The van der Waals surface area contributed by atoms with Crippen LogP contribution >= 0.6 is 15.9 Å². The van der Waals surface area contributed by atoms with Crippen molar-refractivity contribution in [1.29, 1.82) is 0 Å². The van der Waals surface area contributed by atoms with Gasteiger partial charge in [0.05, 0.1) is 7.11 Å². The number of hydrogen-bond donors (Lipinski definition) is 1. The zero-order chi connectivity index (χ0) is 15.2. The van der Waals surface area contributed by atoms with Gasteiger partial charge in [-0.1, -0.05) is 28.1 Å². The van der Waals surface area contributed by atoms with E-state index < -0.39 is 0 Å². The molecule has 0 saturated carbocycles. The van der Waals surface area contributed by atoms with Crippen LogP contribution in [0.3, 0.4) is 0 Å². The molecule has 1 N–H and O–H groups in total. The molecule has 2 amide bonds. The molecule has 2 aromatic rings. The fourth-order valence-electron chi connectivity index (χ4n) is 1.87. The summed E-state index contributed by atoms with van der Waals surface area (Å²) < 4.78 is 6.09. The molecule has 0 unspecified atom stereocenters. The van der Waals surface area contributed by atoms with E-state index in [0.717, 1.165) is 21.5 Å². The molecule has 2 aromatic carbocycles. The Morgan fingerprint density at radius 3 is 2.57 bits per heavy atom. The number of urea groups is 1. The molecule has 0 aliphatic carbocycles. The maximum atomic E-state index is 12.1. The summed E-state index contributed by atoms with van der Waals surface area (Å²) in [4.78, 5) is 13.8. The molecule has 0 radical (unpaired) electrons. The van der Waals surface area contributed by atoms with Gasteiger partial charge in [0.2, 0.25) is 0 Å². The van der Waals surface area contributed by atoms with Gasteiger partial charge < -0.3 is 15.0 Å². The van der Waals surface area contributed by atoms with Gasteiger partial charge >= 0.3 is 6.03 Å². The number of benzene rings is 2.